The van der Waals surface area contributed by atoms with Crippen LogP contribution in [-0.4, -0.2) is 37.9 Å². The second kappa shape index (κ2) is 11.3. The number of nitrogens with one attached hydrogen (secondary N) is 3. The highest BCUT2D eigenvalue weighted by Crippen LogP contribution is 2.31. The van der Waals surface area contributed by atoms with Gasteiger partial charge >= 0.3 is 0 Å². The van der Waals surface area contributed by atoms with Crippen LogP contribution in [0.25, 0.3) is 0 Å². The van der Waals surface area contributed by atoms with Gasteiger partial charge in [-0.05, 0) is 42.2 Å². The molecule has 170 valence electrons. The molecule has 1 saturated heterocycles. The summed E-state index contributed by atoms with van der Waals surface area (Å²) in [5.74, 6) is 1.05. The van der Waals surface area contributed by atoms with Crippen LogP contribution in [0.5, 0.6) is 0 Å². The molecule has 2 aromatic carbocycles. The van der Waals surface area contributed by atoms with E-state index in [1.165, 1.54) is 0 Å². The average Bonchev–Trinajstić information content (AvgIpc) is 2.80. The van der Waals surface area contributed by atoms with Crippen LogP contribution < -0.4 is 20.9 Å². The molecule has 2 aliphatic heterocycles. The number of carbonyl (C=O) groups excluding carboxylic acids is 2. The first kappa shape index (κ1) is 24.0. The summed E-state index contributed by atoms with van der Waals surface area (Å²) >= 11 is 0. The topological polar surface area (TPSA) is 85.8 Å². The van der Waals surface area contributed by atoms with Gasteiger partial charge in [-0.15, -0.1) is 24.0 Å². The summed E-state index contributed by atoms with van der Waals surface area (Å²) in [6.45, 7) is 2.05. The number of rotatable bonds is 5. The SMILES string of the molecule is CN=C(NCc1ccc(N2CCCCC2=O)cc1)NCC1CC(=O)Nc2ccccc21.I. The third-order valence-corrected chi connectivity index (χ3v) is 5.88. The minimum Gasteiger partial charge on any atom is -0.356 e. The molecule has 8 heteroatoms. The molecule has 4 rings (SSSR count). The molecular formula is C24H30IN5O2. The fourth-order valence-electron chi connectivity index (χ4n) is 4.18. The van der Waals surface area contributed by atoms with Gasteiger partial charge in [0.2, 0.25) is 11.8 Å². The molecule has 1 fully saturated rings. The van der Waals surface area contributed by atoms with E-state index in [1.54, 1.807) is 7.05 Å². The van der Waals surface area contributed by atoms with Gasteiger partial charge in [-0.3, -0.25) is 14.6 Å². The minimum absolute atomic E-state index is 0. The number of halogens is 1. The molecule has 2 aromatic rings. The van der Waals surface area contributed by atoms with Gasteiger partial charge in [0.15, 0.2) is 5.96 Å². The number of anilines is 2. The predicted octanol–water partition coefficient (Wildman–Crippen LogP) is 3.61. The van der Waals surface area contributed by atoms with Crippen molar-refractivity contribution in [1.82, 2.24) is 10.6 Å². The fraction of sp³-hybridized carbons (Fsp3) is 0.375. The van der Waals surface area contributed by atoms with Crippen molar-refractivity contribution >= 4 is 53.1 Å². The molecule has 0 aromatic heterocycles. The highest BCUT2D eigenvalue weighted by atomic mass is 127. The van der Waals surface area contributed by atoms with Crippen molar-refractivity contribution < 1.29 is 9.59 Å². The summed E-state index contributed by atoms with van der Waals surface area (Å²) in [5, 5.41) is 9.60. The van der Waals surface area contributed by atoms with E-state index in [1.807, 2.05) is 47.4 Å². The van der Waals surface area contributed by atoms with E-state index in [4.69, 9.17) is 0 Å². The number of fused-ring (bicyclic) bond motifs is 1. The summed E-state index contributed by atoms with van der Waals surface area (Å²) in [4.78, 5) is 30.3. The summed E-state index contributed by atoms with van der Waals surface area (Å²) in [7, 11) is 1.74. The first-order chi connectivity index (χ1) is 15.1. The summed E-state index contributed by atoms with van der Waals surface area (Å²) < 4.78 is 0. The van der Waals surface area contributed by atoms with Crippen LogP contribution in [0.2, 0.25) is 0 Å². The van der Waals surface area contributed by atoms with Crippen LogP contribution in [0.1, 0.15) is 42.7 Å². The van der Waals surface area contributed by atoms with Gasteiger partial charge in [-0.2, -0.15) is 0 Å². The van der Waals surface area contributed by atoms with Crippen LogP contribution in [0.4, 0.5) is 11.4 Å². The Hall–Kier alpha value is -2.62. The van der Waals surface area contributed by atoms with E-state index in [0.29, 0.717) is 31.9 Å². The van der Waals surface area contributed by atoms with Crippen molar-refractivity contribution in [2.45, 2.75) is 38.1 Å². The molecule has 0 aliphatic carbocycles. The van der Waals surface area contributed by atoms with E-state index >= 15 is 0 Å². The van der Waals surface area contributed by atoms with Gasteiger partial charge in [-0.25, -0.2) is 0 Å². The van der Waals surface area contributed by atoms with Crippen LogP contribution in [-0.2, 0) is 16.1 Å². The Balaban J connectivity index is 0.00000289. The molecule has 2 aliphatic rings. The number of guanidine groups is 1. The molecule has 0 radical (unpaired) electrons. The van der Waals surface area contributed by atoms with Gasteiger partial charge in [0.25, 0.3) is 0 Å². The molecule has 0 spiro atoms. The lowest BCUT2D eigenvalue weighted by molar-refractivity contribution is -0.119. The third-order valence-electron chi connectivity index (χ3n) is 5.88. The van der Waals surface area contributed by atoms with Crippen LogP contribution in [0, 0.1) is 0 Å². The number of aliphatic imine (C=N–C) groups is 1. The number of nitrogens with zero attached hydrogens (tertiary/aromatic N) is 2. The molecule has 0 saturated carbocycles. The largest absolute Gasteiger partial charge is 0.356 e. The lowest BCUT2D eigenvalue weighted by atomic mass is 9.90. The Bertz CT molecular complexity index is 977. The maximum Gasteiger partial charge on any atom is 0.226 e. The highest BCUT2D eigenvalue weighted by Gasteiger charge is 2.24. The van der Waals surface area contributed by atoms with Gasteiger partial charge in [0, 0.05) is 56.8 Å². The highest BCUT2D eigenvalue weighted by molar-refractivity contribution is 14.0. The third kappa shape index (κ3) is 5.79. The number of hydrogen-bond acceptors (Lipinski definition) is 3. The summed E-state index contributed by atoms with van der Waals surface area (Å²) in [5.41, 5.74) is 4.11. The quantitative estimate of drug-likeness (QED) is 0.304. The maximum absolute atomic E-state index is 12.1. The Morgan fingerprint density at radius 2 is 1.88 bits per heavy atom. The first-order valence-corrected chi connectivity index (χ1v) is 10.9. The van der Waals surface area contributed by atoms with E-state index in [9.17, 15) is 9.59 Å². The van der Waals surface area contributed by atoms with Crippen molar-refractivity contribution in [3.63, 3.8) is 0 Å². The molecule has 1 unspecified atom stereocenters. The molecule has 2 amide bonds. The Morgan fingerprint density at radius 1 is 1.09 bits per heavy atom. The van der Waals surface area contributed by atoms with Gasteiger partial charge in [-0.1, -0.05) is 30.3 Å². The lowest BCUT2D eigenvalue weighted by Gasteiger charge is -2.27. The number of piperidine rings is 1. The molecular weight excluding hydrogens is 517 g/mol. The number of para-hydroxylation sites is 1. The summed E-state index contributed by atoms with van der Waals surface area (Å²) in [6.07, 6.45) is 3.14. The zero-order valence-corrected chi connectivity index (χ0v) is 20.6. The van der Waals surface area contributed by atoms with Crippen molar-refractivity contribution in [3.8, 4) is 0 Å². The van der Waals surface area contributed by atoms with E-state index in [0.717, 1.165) is 41.9 Å². The molecule has 7 nitrogen and oxygen atoms in total. The molecule has 32 heavy (non-hydrogen) atoms. The zero-order chi connectivity index (χ0) is 21.6. The van der Waals surface area contributed by atoms with Crippen LogP contribution in [0.15, 0.2) is 53.5 Å². The Labute approximate surface area is 206 Å². The predicted molar refractivity (Wildman–Crippen MR) is 139 cm³/mol. The van der Waals surface area contributed by atoms with E-state index in [-0.39, 0.29) is 41.7 Å². The van der Waals surface area contributed by atoms with Crippen molar-refractivity contribution in [2.24, 2.45) is 4.99 Å². The molecule has 2 heterocycles. The first-order valence-electron chi connectivity index (χ1n) is 10.9. The summed E-state index contributed by atoms with van der Waals surface area (Å²) in [6, 6.07) is 16.0. The van der Waals surface area contributed by atoms with Gasteiger partial charge in [0.1, 0.15) is 0 Å². The molecule has 3 N–H and O–H groups in total. The number of carbonyl (C=O) groups is 2. The van der Waals surface area contributed by atoms with Crippen LogP contribution in [0.3, 0.4) is 0 Å². The maximum atomic E-state index is 12.1. The van der Waals surface area contributed by atoms with E-state index in [2.05, 4.69) is 27.0 Å². The normalized spacial score (nSPS) is 18.3. The Morgan fingerprint density at radius 3 is 2.62 bits per heavy atom. The fourth-order valence-corrected chi connectivity index (χ4v) is 4.18. The minimum atomic E-state index is 0. The van der Waals surface area contributed by atoms with Gasteiger partial charge < -0.3 is 20.9 Å². The smallest absolute Gasteiger partial charge is 0.226 e. The zero-order valence-electron chi connectivity index (χ0n) is 18.3. The second-order valence-electron chi connectivity index (χ2n) is 8.01. The molecule has 1 atom stereocenters. The second-order valence-corrected chi connectivity index (χ2v) is 8.01. The molecule has 0 bridgehead atoms. The lowest BCUT2D eigenvalue weighted by Crippen LogP contribution is -2.40. The monoisotopic (exact) mass is 547 g/mol. The number of hydrogen-bond donors (Lipinski definition) is 3. The Kier molecular flexibility index (Phi) is 8.49. The van der Waals surface area contributed by atoms with Crippen molar-refractivity contribution in [1.29, 1.82) is 0 Å². The van der Waals surface area contributed by atoms with Crippen LogP contribution >= 0.6 is 24.0 Å². The van der Waals surface area contributed by atoms with Crippen molar-refractivity contribution in [2.75, 3.05) is 30.4 Å². The number of amides is 2. The standard InChI is InChI=1S/C24H29N5O2.HI/c1-25-24(27-16-18-14-22(30)28-21-7-3-2-6-20(18)21)26-15-17-9-11-19(12-10-17)29-13-5-4-8-23(29)31;/h2-3,6-7,9-12,18H,4-5,8,13-16H2,1H3,(H,28,30)(H2,25,26,27);1H. The number of benzene rings is 2. The van der Waals surface area contributed by atoms with Gasteiger partial charge in [0.05, 0.1) is 0 Å². The van der Waals surface area contributed by atoms with Crippen molar-refractivity contribution in [3.05, 3.63) is 59.7 Å². The van der Waals surface area contributed by atoms with E-state index < -0.39 is 0 Å². The average molecular weight is 547 g/mol.